The fraction of sp³-hybridized carbons (Fsp3) is 0.0909. The van der Waals surface area contributed by atoms with E-state index < -0.39 is 0 Å². The van der Waals surface area contributed by atoms with E-state index in [4.69, 9.17) is 0 Å². The molecule has 0 aromatic carbocycles. The van der Waals surface area contributed by atoms with E-state index in [1.165, 1.54) is 0 Å². The van der Waals surface area contributed by atoms with Crippen LogP contribution in [0.5, 0.6) is 0 Å². The molecule has 0 aliphatic carbocycles. The van der Waals surface area contributed by atoms with Crippen LogP contribution in [0.1, 0.15) is 6.92 Å². The average Bonchev–Trinajstić information content (AvgIpc) is 2.03. The van der Waals surface area contributed by atoms with Gasteiger partial charge in [-0.15, -0.1) is 6.58 Å². The molecule has 0 aliphatic heterocycles. The number of hydrogen-bond acceptors (Lipinski definition) is 0. The van der Waals surface area contributed by atoms with Gasteiger partial charge in [-0.05, 0) is 18.8 Å². The van der Waals surface area contributed by atoms with Gasteiger partial charge < -0.3 is 0 Å². The van der Waals surface area contributed by atoms with Gasteiger partial charge in [0, 0.05) is 0 Å². The van der Waals surface area contributed by atoms with Crippen molar-refractivity contribution in [2.75, 3.05) is 0 Å². The topological polar surface area (TPSA) is 0 Å². The van der Waals surface area contributed by atoms with Crippen LogP contribution in [0.15, 0.2) is 18.0 Å². The lowest BCUT2D eigenvalue weighted by Gasteiger charge is -1.65. The van der Waals surface area contributed by atoms with Gasteiger partial charge in [0.15, 0.2) is 0 Å². The monoisotopic (exact) mass is 137 g/mol. The van der Waals surface area contributed by atoms with Gasteiger partial charge in [-0.1, -0.05) is 17.9 Å². The minimum Gasteiger partial charge on any atom is -0.231 e. The van der Waals surface area contributed by atoms with Crippen molar-refractivity contribution in [1.29, 1.82) is 0 Å². The van der Waals surface area contributed by atoms with Crippen molar-refractivity contribution in [2.45, 2.75) is 6.92 Å². The zero-order valence-electron chi connectivity index (χ0n) is 6.21. The molecular formula is C11H5-. The van der Waals surface area contributed by atoms with Crippen molar-refractivity contribution < 1.29 is 0 Å². The van der Waals surface area contributed by atoms with E-state index in [0.717, 1.165) is 0 Å². The average molecular weight is 137 g/mol. The van der Waals surface area contributed by atoms with Crippen molar-refractivity contribution in [3.05, 3.63) is 24.1 Å². The Morgan fingerprint density at radius 2 is 1.82 bits per heavy atom. The zero-order valence-corrected chi connectivity index (χ0v) is 6.21. The lowest BCUT2D eigenvalue weighted by Crippen LogP contribution is -1.51. The predicted molar refractivity (Wildman–Crippen MR) is 44.9 cm³/mol. The van der Waals surface area contributed by atoms with Crippen molar-refractivity contribution in [2.24, 2.45) is 0 Å². The van der Waals surface area contributed by atoms with Gasteiger partial charge in [0.05, 0.1) is 0 Å². The molecule has 0 rings (SSSR count). The Morgan fingerprint density at radius 3 is 2.45 bits per heavy atom. The summed E-state index contributed by atoms with van der Waals surface area (Å²) in [5, 5.41) is 0. The molecular weight excluding hydrogens is 132 g/mol. The highest BCUT2D eigenvalue weighted by molar-refractivity contribution is 5.36. The van der Waals surface area contributed by atoms with Crippen LogP contribution in [0, 0.1) is 41.6 Å². The normalized spacial score (nSPS) is 4.09. The number of allylic oxidation sites excluding steroid dienone is 1. The Morgan fingerprint density at radius 1 is 1.09 bits per heavy atom. The third-order valence-electron chi connectivity index (χ3n) is 0.588. The summed E-state index contributed by atoms with van der Waals surface area (Å²) < 4.78 is 0. The summed E-state index contributed by atoms with van der Waals surface area (Å²) in [5.74, 6) is 15.2. The van der Waals surface area contributed by atoms with Crippen LogP contribution in [0.4, 0.5) is 0 Å². The molecule has 0 N–H and O–H groups in total. The van der Waals surface area contributed by atoms with Crippen molar-refractivity contribution >= 4 is 0 Å². The summed E-state index contributed by atoms with van der Waals surface area (Å²) in [7, 11) is 0. The number of hydrogen-bond donors (Lipinski definition) is 0. The third kappa shape index (κ3) is 7.98. The second kappa shape index (κ2) is 7.98. The Labute approximate surface area is 67.3 Å². The quantitative estimate of drug-likeness (QED) is 0.268. The first kappa shape index (κ1) is 8.98. The molecule has 0 heterocycles. The summed E-state index contributed by atoms with van der Waals surface area (Å²) >= 11 is 0. The van der Waals surface area contributed by atoms with Crippen LogP contribution < -0.4 is 0 Å². The van der Waals surface area contributed by atoms with E-state index in [1.807, 2.05) is 0 Å². The minimum absolute atomic E-state index is 1.72. The van der Waals surface area contributed by atoms with Crippen LogP contribution >= 0.6 is 0 Å². The van der Waals surface area contributed by atoms with Crippen LogP contribution in [-0.2, 0) is 0 Å². The molecule has 0 heteroatoms. The molecule has 0 fully saturated rings. The Kier molecular flexibility index (Phi) is 6.51. The molecule has 0 spiro atoms. The van der Waals surface area contributed by atoms with Crippen molar-refractivity contribution in [3.63, 3.8) is 0 Å². The third-order valence-corrected chi connectivity index (χ3v) is 0.588. The van der Waals surface area contributed by atoms with E-state index in [9.17, 15) is 0 Å². The highest BCUT2D eigenvalue weighted by atomic mass is 13.5. The minimum atomic E-state index is 1.72. The van der Waals surface area contributed by atoms with Gasteiger partial charge >= 0.3 is 0 Å². The molecule has 11 heavy (non-hydrogen) atoms. The van der Waals surface area contributed by atoms with Gasteiger partial charge in [-0.2, -0.15) is 5.92 Å². The van der Waals surface area contributed by atoms with E-state index in [0.29, 0.717) is 0 Å². The molecule has 0 aromatic rings. The molecule has 0 saturated carbocycles. The molecule has 0 nitrogen and oxygen atoms in total. The highest BCUT2D eigenvalue weighted by Gasteiger charge is 1.44. The molecule has 0 radical (unpaired) electrons. The molecule has 0 bridgehead atoms. The highest BCUT2D eigenvalue weighted by Crippen LogP contribution is 1.57. The molecule has 0 aliphatic rings. The molecule has 50 valence electrons. The molecule has 0 atom stereocenters. The smallest absolute Gasteiger partial charge is 0.00168 e. The van der Waals surface area contributed by atoms with E-state index in [1.54, 1.807) is 6.92 Å². The Balaban J connectivity index is 4.12. The second-order valence-electron chi connectivity index (χ2n) is 1.30. The summed E-state index contributed by atoms with van der Waals surface area (Å²) in [6.45, 7) is 5.00. The largest absolute Gasteiger partial charge is 0.231 e. The lowest BCUT2D eigenvalue weighted by atomic mass is 10.5. The number of rotatable bonds is 0. The van der Waals surface area contributed by atoms with Crippen LogP contribution in [0.25, 0.3) is 0 Å². The maximum atomic E-state index is 3.28. The molecule has 0 aromatic heterocycles. The van der Waals surface area contributed by atoms with Gasteiger partial charge in [-0.3, -0.25) is 0 Å². The van der Waals surface area contributed by atoms with E-state index >= 15 is 0 Å². The van der Waals surface area contributed by atoms with E-state index in [2.05, 4.69) is 59.6 Å². The maximum absolute atomic E-state index is 3.28. The van der Waals surface area contributed by atoms with Gasteiger partial charge in [0.2, 0.25) is 0 Å². The Bertz CT molecular complexity index is 365. The molecule has 0 saturated heterocycles. The summed E-state index contributed by atoms with van der Waals surface area (Å²) in [6.07, 6.45) is 2.48. The Hall–Kier alpha value is -2.02. The fourth-order valence-corrected chi connectivity index (χ4v) is 0.263. The van der Waals surface area contributed by atoms with Crippen LogP contribution in [0.3, 0.4) is 0 Å². The van der Waals surface area contributed by atoms with Crippen molar-refractivity contribution in [1.82, 2.24) is 0 Å². The second-order valence-corrected chi connectivity index (χ2v) is 1.30. The van der Waals surface area contributed by atoms with Gasteiger partial charge in [0.1, 0.15) is 0 Å². The van der Waals surface area contributed by atoms with Crippen LogP contribution in [-0.4, -0.2) is 0 Å². The lowest BCUT2D eigenvalue weighted by molar-refractivity contribution is 1.92. The summed E-state index contributed by atoms with van der Waals surface area (Å²) in [4.78, 5) is 0. The zero-order chi connectivity index (χ0) is 8.36. The fourth-order valence-electron chi connectivity index (χ4n) is 0.263. The molecule has 0 amide bonds. The van der Waals surface area contributed by atoms with E-state index in [-0.39, 0.29) is 0 Å². The first-order valence-electron chi connectivity index (χ1n) is 2.85. The SMILES string of the molecule is C=C=C=[C-]C#CC#CC#CC. The predicted octanol–water partition coefficient (Wildman–Crippen LogP) is 1.32. The first-order valence-corrected chi connectivity index (χ1v) is 2.85. The van der Waals surface area contributed by atoms with Gasteiger partial charge in [-0.25, -0.2) is 17.4 Å². The first-order chi connectivity index (χ1) is 5.41. The van der Waals surface area contributed by atoms with Crippen LogP contribution in [0.2, 0.25) is 0 Å². The van der Waals surface area contributed by atoms with Crippen molar-refractivity contribution in [3.8, 4) is 35.5 Å². The van der Waals surface area contributed by atoms with Gasteiger partial charge in [0.25, 0.3) is 0 Å². The standard InChI is InChI=1S/C11H5/c1-3-5-7-9-11-10-8-6-4-2/h1H2,2H3/q-1. The summed E-state index contributed by atoms with van der Waals surface area (Å²) in [6, 6.07) is 0. The molecule has 0 unspecified atom stereocenters. The maximum Gasteiger partial charge on any atom is -0.00168 e. The summed E-state index contributed by atoms with van der Waals surface area (Å²) in [5.41, 5.74) is 4.83.